The Morgan fingerprint density at radius 1 is 1.41 bits per heavy atom. The molecule has 4 rings (SSSR count). The van der Waals surface area contributed by atoms with E-state index in [1.54, 1.807) is 6.20 Å². The van der Waals surface area contributed by atoms with Gasteiger partial charge in [-0.05, 0) is 42.9 Å². The van der Waals surface area contributed by atoms with Crippen LogP contribution in [-0.2, 0) is 19.3 Å². The number of nitrogens with zero attached hydrogens (tertiary/aromatic N) is 1. The predicted molar refractivity (Wildman–Crippen MR) is 83.3 cm³/mol. The number of carbonyl (C=O) groups is 1. The van der Waals surface area contributed by atoms with E-state index >= 15 is 0 Å². The first-order chi connectivity index (χ1) is 10.5. The van der Waals surface area contributed by atoms with Crippen molar-refractivity contribution in [2.24, 2.45) is 5.73 Å². The Hall–Kier alpha value is -1.85. The molecule has 6 heteroatoms. The molecule has 0 unspecified atom stereocenters. The standard InChI is InChI=1S/C16H16ClN3O2/c17-13-5-10-8(12(20-13)6-16(18)3-4-16)1-2-9-11(15(21)22)7-19-14(9)10/h5,7,19H,1-4,6,18H2,(H,21,22). The van der Waals surface area contributed by atoms with E-state index in [0.717, 1.165) is 53.8 Å². The summed E-state index contributed by atoms with van der Waals surface area (Å²) in [5, 5.41) is 9.70. The topological polar surface area (TPSA) is 92.0 Å². The number of rotatable bonds is 3. The number of hydrogen-bond acceptors (Lipinski definition) is 3. The van der Waals surface area contributed by atoms with Gasteiger partial charge in [0.15, 0.2) is 0 Å². The SMILES string of the molecule is NC1(Cc2nc(Cl)cc3c2CCc2c(C(=O)O)c[nH]c2-3)CC1. The Morgan fingerprint density at radius 3 is 2.82 bits per heavy atom. The maximum atomic E-state index is 11.3. The number of aromatic nitrogens is 2. The third-order valence-corrected chi connectivity index (χ3v) is 4.90. The van der Waals surface area contributed by atoms with Crippen LogP contribution in [-0.4, -0.2) is 26.6 Å². The van der Waals surface area contributed by atoms with Crippen LogP contribution in [0.1, 0.15) is 40.0 Å². The highest BCUT2D eigenvalue weighted by molar-refractivity contribution is 6.29. The zero-order chi connectivity index (χ0) is 15.5. The molecule has 2 aromatic heterocycles. The predicted octanol–water partition coefficient (Wildman–Crippen LogP) is 2.56. The molecule has 2 aromatic rings. The molecule has 0 amide bonds. The van der Waals surface area contributed by atoms with Crippen molar-refractivity contribution in [2.75, 3.05) is 0 Å². The Kier molecular flexibility index (Phi) is 2.86. The van der Waals surface area contributed by atoms with Crippen molar-refractivity contribution in [3.63, 3.8) is 0 Å². The van der Waals surface area contributed by atoms with Crippen molar-refractivity contribution in [2.45, 2.75) is 37.6 Å². The molecule has 0 atom stereocenters. The highest BCUT2D eigenvalue weighted by Gasteiger charge is 2.40. The van der Waals surface area contributed by atoms with Gasteiger partial charge in [-0.1, -0.05) is 11.6 Å². The van der Waals surface area contributed by atoms with E-state index in [-0.39, 0.29) is 5.54 Å². The van der Waals surface area contributed by atoms with Crippen LogP contribution in [0.2, 0.25) is 5.15 Å². The van der Waals surface area contributed by atoms with E-state index < -0.39 is 5.97 Å². The summed E-state index contributed by atoms with van der Waals surface area (Å²) in [6, 6.07) is 1.82. The minimum absolute atomic E-state index is 0.131. The molecule has 22 heavy (non-hydrogen) atoms. The largest absolute Gasteiger partial charge is 0.478 e. The summed E-state index contributed by atoms with van der Waals surface area (Å²) in [6.45, 7) is 0. The molecule has 0 bridgehead atoms. The van der Waals surface area contributed by atoms with Gasteiger partial charge in [0.25, 0.3) is 0 Å². The highest BCUT2D eigenvalue weighted by atomic mass is 35.5. The second kappa shape index (κ2) is 4.57. The molecule has 0 aromatic carbocycles. The van der Waals surface area contributed by atoms with Crippen molar-refractivity contribution in [1.29, 1.82) is 0 Å². The lowest BCUT2D eigenvalue weighted by molar-refractivity contribution is 0.0696. The van der Waals surface area contributed by atoms with E-state index in [1.807, 2.05) is 6.07 Å². The van der Waals surface area contributed by atoms with Crippen molar-refractivity contribution >= 4 is 17.6 Å². The van der Waals surface area contributed by atoms with Gasteiger partial charge in [0, 0.05) is 35.1 Å². The molecule has 5 nitrogen and oxygen atoms in total. The molecule has 1 fully saturated rings. The first-order valence-corrected chi connectivity index (χ1v) is 7.76. The maximum Gasteiger partial charge on any atom is 0.337 e. The van der Waals surface area contributed by atoms with Gasteiger partial charge in [-0.3, -0.25) is 0 Å². The van der Waals surface area contributed by atoms with E-state index in [9.17, 15) is 9.90 Å². The molecule has 114 valence electrons. The van der Waals surface area contributed by atoms with Gasteiger partial charge in [0.1, 0.15) is 5.15 Å². The monoisotopic (exact) mass is 317 g/mol. The number of nitrogens with two attached hydrogens (primary N) is 1. The summed E-state index contributed by atoms with van der Waals surface area (Å²) in [5.74, 6) is -0.903. The van der Waals surface area contributed by atoms with Crippen molar-refractivity contribution < 1.29 is 9.90 Å². The van der Waals surface area contributed by atoms with E-state index in [4.69, 9.17) is 17.3 Å². The fourth-order valence-electron chi connectivity index (χ4n) is 3.30. The van der Waals surface area contributed by atoms with E-state index in [2.05, 4.69) is 9.97 Å². The number of carboxylic acid groups (broad SMARTS) is 1. The lowest BCUT2D eigenvalue weighted by Crippen LogP contribution is -2.26. The fraction of sp³-hybridized carbons (Fsp3) is 0.375. The average molecular weight is 318 g/mol. The third-order valence-electron chi connectivity index (χ3n) is 4.70. The molecule has 0 radical (unpaired) electrons. The number of H-pyrrole nitrogens is 1. The molecule has 1 saturated carbocycles. The quantitative estimate of drug-likeness (QED) is 0.759. The van der Waals surface area contributed by atoms with Crippen molar-refractivity contribution in [1.82, 2.24) is 9.97 Å². The molecular formula is C16H16ClN3O2. The molecule has 0 aliphatic heterocycles. The smallest absolute Gasteiger partial charge is 0.337 e. The first kappa shape index (κ1) is 13.8. The summed E-state index contributed by atoms with van der Waals surface area (Å²) in [7, 11) is 0. The Morgan fingerprint density at radius 2 is 2.14 bits per heavy atom. The molecule has 2 aliphatic carbocycles. The number of halogens is 1. The van der Waals surface area contributed by atoms with Crippen molar-refractivity contribution in [3.05, 3.63) is 39.8 Å². The molecule has 0 spiro atoms. The van der Waals surface area contributed by atoms with Crippen LogP contribution >= 0.6 is 11.6 Å². The molecule has 2 aliphatic rings. The number of hydrogen-bond donors (Lipinski definition) is 3. The van der Waals surface area contributed by atoms with Crippen LogP contribution in [0.25, 0.3) is 11.3 Å². The van der Waals surface area contributed by atoms with Crippen LogP contribution in [0.3, 0.4) is 0 Å². The Bertz CT molecular complexity index is 793. The third kappa shape index (κ3) is 2.12. The number of carboxylic acids is 1. The number of pyridine rings is 1. The molecular weight excluding hydrogens is 302 g/mol. The Balaban J connectivity index is 1.85. The zero-order valence-corrected chi connectivity index (χ0v) is 12.7. The Labute approximate surface area is 132 Å². The number of aromatic amines is 1. The normalized spacial score (nSPS) is 17.7. The van der Waals surface area contributed by atoms with Gasteiger partial charge in [0.2, 0.25) is 0 Å². The second-order valence-electron chi connectivity index (χ2n) is 6.32. The van der Waals surface area contributed by atoms with Crippen LogP contribution < -0.4 is 5.73 Å². The van der Waals surface area contributed by atoms with Gasteiger partial charge in [0.05, 0.1) is 5.56 Å². The van der Waals surface area contributed by atoms with Crippen LogP contribution in [0, 0.1) is 0 Å². The van der Waals surface area contributed by atoms with Crippen molar-refractivity contribution in [3.8, 4) is 11.3 Å². The van der Waals surface area contributed by atoms with Crippen LogP contribution in [0.5, 0.6) is 0 Å². The minimum atomic E-state index is -0.903. The maximum absolute atomic E-state index is 11.3. The lowest BCUT2D eigenvalue weighted by atomic mass is 9.86. The minimum Gasteiger partial charge on any atom is -0.478 e. The summed E-state index contributed by atoms with van der Waals surface area (Å²) < 4.78 is 0. The number of fused-ring (bicyclic) bond motifs is 3. The second-order valence-corrected chi connectivity index (χ2v) is 6.71. The highest BCUT2D eigenvalue weighted by Crippen LogP contribution is 2.41. The number of aromatic carboxylic acids is 1. The van der Waals surface area contributed by atoms with Gasteiger partial charge >= 0.3 is 5.97 Å². The van der Waals surface area contributed by atoms with Gasteiger partial charge in [-0.25, -0.2) is 9.78 Å². The molecule has 0 saturated heterocycles. The van der Waals surface area contributed by atoms with Gasteiger partial charge < -0.3 is 15.8 Å². The summed E-state index contributed by atoms with van der Waals surface area (Å²) >= 11 is 6.18. The molecule has 2 heterocycles. The summed E-state index contributed by atoms with van der Waals surface area (Å²) in [6.07, 6.45) is 5.80. The van der Waals surface area contributed by atoms with Gasteiger partial charge in [-0.2, -0.15) is 0 Å². The fourth-order valence-corrected chi connectivity index (χ4v) is 3.51. The van der Waals surface area contributed by atoms with E-state index in [1.165, 1.54) is 0 Å². The molecule has 4 N–H and O–H groups in total. The van der Waals surface area contributed by atoms with Crippen LogP contribution in [0.4, 0.5) is 0 Å². The lowest BCUT2D eigenvalue weighted by Gasteiger charge is -2.21. The summed E-state index contributed by atoms with van der Waals surface area (Å²) in [4.78, 5) is 18.9. The van der Waals surface area contributed by atoms with E-state index in [0.29, 0.717) is 17.1 Å². The number of nitrogens with one attached hydrogen (secondary N) is 1. The first-order valence-electron chi connectivity index (χ1n) is 7.38. The average Bonchev–Trinajstić information content (AvgIpc) is 3.01. The zero-order valence-electron chi connectivity index (χ0n) is 11.9. The van der Waals surface area contributed by atoms with Gasteiger partial charge in [-0.15, -0.1) is 0 Å². The summed E-state index contributed by atoms with van der Waals surface area (Å²) in [5.41, 5.74) is 11.2. The van der Waals surface area contributed by atoms with Crippen LogP contribution in [0.15, 0.2) is 12.3 Å².